The van der Waals surface area contributed by atoms with Gasteiger partial charge in [-0.1, -0.05) is 68.4 Å². The fourth-order valence-electron chi connectivity index (χ4n) is 3.33. The topological polar surface area (TPSA) is 49.4 Å². The Morgan fingerprint density at radius 2 is 1.68 bits per heavy atom. The van der Waals surface area contributed by atoms with E-state index in [-0.39, 0.29) is 11.8 Å². The van der Waals surface area contributed by atoms with Gasteiger partial charge < -0.3 is 10.2 Å². The number of aryl methyl sites for hydroxylation is 1. The number of benzene rings is 2. The van der Waals surface area contributed by atoms with E-state index < -0.39 is 6.04 Å². The first-order valence-electron chi connectivity index (χ1n) is 10.2. The summed E-state index contributed by atoms with van der Waals surface area (Å²) in [5, 5.41) is 2.96. The minimum atomic E-state index is -0.438. The first-order valence-corrected chi connectivity index (χ1v) is 10.2. The zero-order chi connectivity index (χ0) is 20.4. The fraction of sp³-hybridized carbons (Fsp3) is 0.417. The van der Waals surface area contributed by atoms with E-state index in [1.807, 2.05) is 63.2 Å². The average Bonchev–Trinajstić information content (AvgIpc) is 2.71. The Morgan fingerprint density at radius 1 is 1.00 bits per heavy atom. The third kappa shape index (κ3) is 6.22. The van der Waals surface area contributed by atoms with Gasteiger partial charge in [-0.05, 0) is 42.9 Å². The molecule has 0 saturated heterocycles. The predicted molar refractivity (Wildman–Crippen MR) is 114 cm³/mol. The van der Waals surface area contributed by atoms with Gasteiger partial charge in [0, 0.05) is 13.1 Å². The number of carbonyl (C=O) groups is 2. The molecular weight excluding hydrogens is 348 g/mol. The summed E-state index contributed by atoms with van der Waals surface area (Å²) < 4.78 is 0. The molecule has 0 fully saturated rings. The monoisotopic (exact) mass is 380 g/mol. The van der Waals surface area contributed by atoms with Crippen LogP contribution >= 0.6 is 0 Å². The van der Waals surface area contributed by atoms with Crippen molar-refractivity contribution in [3.05, 3.63) is 71.3 Å². The van der Waals surface area contributed by atoms with Crippen molar-refractivity contribution in [2.75, 3.05) is 13.1 Å². The third-order valence-electron chi connectivity index (χ3n) is 5.02. The lowest BCUT2D eigenvalue weighted by molar-refractivity contribution is -0.140. The second-order valence-corrected chi connectivity index (χ2v) is 7.14. The van der Waals surface area contributed by atoms with Crippen LogP contribution in [0.4, 0.5) is 0 Å². The van der Waals surface area contributed by atoms with Crippen LogP contribution in [0.5, 0.6) is 0 Å². The maximum atomic E-state index is 13.2. The predicted octanol–water partition coefficient (Wildman–Crippen LogP) is 3.91. The molecule has 0 saturated carbocycles. The minimum absolute atomic E-state index is 0.00345. The van der Waals surface area contributed by atoms with Crippen LogP contribution in [-0.4, -0.2) is 35.8 Å². The van der Waals surface area contributed by atoms with Gasteiger partial charge in [-0.25, -0.2) is 0 Å². The minimum Gasteiger partial charge on any atom is -0.354 e. The lowest BCUT2D eigenvalue weighted by atomic mass is 10.0. The summed E-state index contributed by atoms with van der Waals surface area (Å²) in [5.74, 6) is -0.0562. The molecule has 150 valence electrons. The quantitative estimate of drug-likeness (QED) is 0.679. The molecule has 4 heteroatoms. The highest BCUT2D eigenvalue weighted by molar-refractivity contribution is 5.88. The standard InChI is InChI=1S/C24H32N2O2/c1-4-16-25-24(28)22(5-2)26(17-15-20-12-7-6-8-13-20)23(27)18-21-14-10-9-11-19(21)3/h6-14,22H,4-5,15-18H2,1-3H3,(H,25,28). The summed E-state index contributed by atoms with van der Waals surface area (Å²) in [4.78, 5) is 27.7. The van der Waals surface area contributed by atoms with Crippen molar-refractivity contribution in [2.45, 2.75) is 52.5 Å². The summed E-state index contributed by atoms with van der Waals surface area (Å²) in [5.41, 5.74) is 3.28. The molecule has 0 aromatic heterocycles. The largest absolute Gasteiger partial charge is 0.354 e. The summed E-state index contributed by atoms with van der Waals surface area (Å²) in [6.45, 7) is 7.17. The average molecular weight is 381 g/mol. The second kappa shape index (κ2) is 11.3. The normalized spacial score (nSPS) is 11.7. The first-order chi connectivity index (χ1) is 13.6. The van der Waals surface area contributed by atoms with E-state index in [0.717, 1.165) is 24.0 Å². The summed E-state index contributed by atoms with van der Waals surface area (Å²) in [6, 6.07) is 17.6. The SMILES string of the molecule is CCCNC(=O)C(CC)N(CCc1ccccc1)C(=O)Cc1ccccc1C. The maximum Gasteiger partial charge on any atom is 0.242 e. The van der Waals surface area contributed by atoms with E-state index in [1.165, 1.54) is 5.56 Å². The van der Waals surface area contributed by atoms with Gasteiger partial charge in [0.25, 0.3) is 0 Å². The summed E-state index contributed by atoms with van der Waals surface area (Å²) >= 11 is 0. The van der Waals surface area contributed by atoms with E-state index in [9.17, 15) is 9.59 Å². The molecular formula is C24H32N2O2. The Balaban J connectivity index is 2.19. The Labute approximate surface area is 169 Å². The summed E-state index contributed by atoms with van der Waals surface area (Å²) in [7, 11) is 0. The van der Waals surface area contributed by atoms with Gasteiger partial charge in [-0.3, -0.25) is 9.59 Å². The van der Waals surface area contributed by atoms with Crippen LogP contribution in [0.15, 0.2) is 54.6 Å². The molecule has 1 unspecified atom stereocenters. The molecule has 2 aromatic carbocycles. The number of rotatable bonds is 10. The molecule has 1 atom stereocenters. The van der Waals surface area contributed by atoms with Crippen LogP contribution in [0.3, 0.4) is 0 Å². The van der Waals surface area contributed by atoms with Gasteiger partial charge >= 0.3 is 0 Å². The molecule has 2 aromatic rings. The van der Waals surface area contributed by atoms with Crippen LogP contribution in [0.2, 0.25) is 0 Å². The molecule has 0 radical (unpaired) electrons. The van der Waals surface area contributed by atoms with E-state index in [2.05, 4.69) is 17.4 Å². The lowest BCUT2D eigenvalue weighted by Gasteiger charge is -2.31. The Morgan fingerprint density at radius 3 is 2.32 bits per heavy atom. The zero-order valence-electron chi connectivity index (χ0n) is 17.3. The van der Waals surface area contributed by atoms with E-state index >= 15 is 0 Å². The molecule has 1 N–H and O–H groups in total. The van der Waals surface area contributed by atoms with Crippen molar-refractivity contribution in [2.24, 2.45) is 0 Å². The Kier molecular flexibility index (Phi) is 8.73. The molecule has 0 spiro atoms. The number of amides is 2. The Hall–Kier alpha value is -2.62. The number of nitrogens with one attached hydrogen (secondary N) is 1. The molecule has 28 heavy (non-hydrogen) atoms. The molecule has 2 amide bonds. The van der Waals surface area contributed by atoms with Gasteiger partial charge in [-0.2, -0.15) is 0 Å². The zero-order valence-corrected chi connectivity index (χ0v) is 17.3. The van der Waals surface area contributed by atoms with Gasteiger partial charge in [0.2, 0.25) is 11.8 Å². The molecule has 0 bridgehead atoms. The van der Waals surface area contributed by atoms with E-state index in [4.69, 9.17) is 0 Å². The lowest BCUT2D eigenvalue weighted by Crippen LogP contribution is -2.50. The second-order valence-electron chi connectivity index (χ2n) is 7.14. The first kappa shape index (κ1) is 21.7. The van der Waals surface area contributed by atoms with Crippen LogP contribution in [0.25, 0.3) is 0 Å². The van der Waals surface area contributed by atoms with Crippen molar-refractivity contribution >= 4 is 11.8 Å². The van der Waals surface area contributed by atoms with Crippen LogP contribution in [0, 0.1) is 6.92 Å². The molecule has 0 aliphatic rings. The highest BCUT2D eigenvalue weighted by Crippen LogP contribution is 2.14. The van der Waals surface area contributed by atoms with E-state index in [0.29, 0.717) is 25.9 Å². The van der Waals surface area contributed by atoms with Crippen molar-refractivity contribution in [3.8, 4) is 0 Å². The van der Waals surface area contributed by atoms with Crippen LogP contribution in [0.1, 0.15) is 43.4 Å². The molecule has 2 rings (SSSR count). The number of hydrogen-bond donors (Lipinski definition) is 1. The summed E-state index contributed by atoms with van der Waals surface area (Å²) in [6.07, 6.45) is 2.53. The number of hydrogen-bond acceptors (Lipinski definition) is 2. The van der Waals surface area contributed by atoms with Crippen molar-refractivity contribution in [1.29, 1.82) is 0 Å². The molecule has 4 nitrogen and oxygen atoms in total. The van der Waals surface area contributed by atoms with Gasteiger partial charge in [0.1, 0.15) is 6.04 Å². The Bertz CT molecular complexity index is 758. The number of carbonyl (C=O) groups excluding carboxylic acids is 2. The molecule has 0 aliphatic carbocycles. The fourth-order valence-corrected chi connectivity index (χ4v) is 3.33. The molecule has 0 aliphatic heterocycles. The van der Waals surface area contributed by atoms with Gasteiger partial charge in [0.15, 0.2) is 0 Å². The highest BCUT2D eigenvalue weighted by atomic mass is 16.2. The van der Waals surface area contributed by atoms with E-state index in [1.54, 1.807) is 4.90 Å². The van der Waals surface area contributed by atoms with Crippen molar-refractivity contribution < 1.29 is 9.59 Å². The maximum absolute atomic E-state index is 13.2. The van der Waals surface area contributed by atoms with Crippen LogP contribution < -0.4 is 5.32 Å². The van der Waals surface area contributed by atoms with Gasteiger partial charge in [-0.15, -0.1) is 0 Å². The van der Waals surface area contributed by atoms with Crippen molar-refractivity contribution in [1.82, 2.24) is 10.2 Å². The number of nitrogens with zero attached hydrogens (tertiary/aromatic N) is 1. The van der Waals surface area contributed by atoms with Crippen molar-refractivity contribution in [3.63, 3.8) is 0 Å². The third-order valence-corrected chi connectivity index (χ3v) is 5.02. The molecule has 0 heterocycles. The smallest absolute Gasteiger partial charge is 0.242 e. The van der Waals surface area contributed by atoms with Crippen LogP contribution in [-0.2, 0) is 22.4 Å². The highest BCUT2D eigenvalue weighted by Gasteiger charge is 2.28. The van der Waals surface area contributed by atoms with Gasteiger partial charge in [0.05, 0.1) is 6.42 Å².